The van der Waals surface area contributed by atoms with Crippen molar-refractivity contribution in [2.75, 3.05) is 0 Å². The third-order valence-electron chi connectivity index (χ3n) is 2.86. The molecule has 0 aliphatic carbocycles. The summed E-state index contributed by atoms with van der Waals surface area (Å²) in [6, 6.07) is 10.2. The lowest BCUT2D eigenvalue weighted by Crippen LogP contribution is -2.19. The molecule has 1 aliphatic rings. The van der Waals surface area contributed by atoms with E-state index < -0.39 is 5.91 Å². The molecule has 1 aliphatic heterocycles. The number of primary amides is 1. The van der Waals surface area contributed by atoms with E-state index in [9.17, 15) is 9.59 Å². The van der Waals surface area contributed by atoms with E-state index in [1.54, 1.807) is 42.5 Å². The molecule has 1 saturated heterocycles. The molecule has 0 radical (unpaired) electrons. The van der Waals surface area contributed by atoms with E-state index in [1.165, 1.54) is 18.0 Å². The summed E-state index contributed by atoms with van der Waals surface area (Å²) < 4.78 is 5.18. The molecule has 0 unspecified atom stereocenters. The van der Waals surface area contributed by atoms with Crippen molar-refractivity contribution in [3.63, 3.8) is 0 Å². The fourth-order valence-corrected chi connectivity index (χ4v) is 2.69. The van der Waals surface area contributed by atoms with Crippen LogP contribution in [0.4, 0.5) is 5.69 Å². The lowest BCUT2D eigenvalue weighted by molar-refractivity contribution is -0.115. The van der Waals surface area contributed by atoms with Gasteiger partial charge in [-0.05, 0) is 36.0 Å². The average Bonchev–Trinajstić information content (AvgIpc) is 3.10. The smallest absolute Gasteiger partial charge is 0.264 e. The van der Waals surface area contributed by atoms with E-state index in [-0.39, 0.29) is 5.91 Å². The van der Waals surface area contributed by atoms with Crippen LogP contribution in [0.2, 0.25) is 0 Å². The van der Waals surface area contributed by atoms with Gasteiger partial charge in [-0.3, -0.25) is 9.59 Å². The summed E-state index contributed by atoms with van der Waals surface area (Å²) in [5.41, 5.74) is 6.02. The number of aliphatic imine (C=N–C) groups is 1. The zero-order valence-electron chi connectivity index (χ0n) is 11.3. The quantitative estimate of drug-likeness (QED) is 0.849. The molecule has 110 valence electrons. The van der Waals surface area contributed by atoms with Crippen molar-refractivity contribution in [1.29, 1.82) is 0 Å². The van der Waals surface area contributed by atoms with Crippen LogP contribution in [0, 0.1) is 0 Å². The summed E-state index contributed by atoms with van der Waals surface area (Å²) in [7, 11) is 0. The van der Waals surface area contributed by atoms with E-state index >= 15 is 0 Å². The first kappa shape index (κ1) is 14.2. The number of thioether (sulfide) groups is 1. The summed E-state index contributed by atoms with van der Waals surface area (Å²) in [6.45, 7) is 0. The van der Waals surface area contributed by atoms with Crippen LogP contribution < -0.4 is 11.1 Å². The maximum absolute atomic E-state index is 11.9. The second-order valence-electron chi connectivity index (χ2n) is 4.38. The highest BCUT2D eigenvalue weighted by atomic mass is 32.2. The first-order valence-electron chi connectivity index (χ1n) is 6.35. The van der Waals surface area contributed by atoms with Crippen molar-refractivity contribution in [2.24, 2.45) is 10.7 Å². The molecule has 0 spiro atoms. The molecule has 3 rings (SSSR count). The monoisotopic (exact) mass is 313 g/mol. The molecule has 6 nitrogen and oxygen atoms in total. The van der Waals surface area contributed by atoms with Gasteiger partial charge in [0.05, 0.1) is 22.4 Å². The minimum absolute atomic E-state index is 0.267. The van der Waals surface area contributed by atoms with Gasteiger partial charge in [-0.25, -0.2) is 4.99 Å². The van der Waals surface area contributed by atoms with Crippen LogP contribution in [0.5, 0.6) is 0 Å². The number of amides is 2. The van der Waals surface area contributed by atoms with Crippen molar-refractivity contribution >= 4 is 40.5 Å². The van der Waals surface area contributed by atoms with Gasteiger partial charge in [-0.15, -0.1) is 0 Å². The molecule has 1 aromatic carbocycles. The number of hydrogen-bond donors (Lipinski definition) is 2. The number of amidine groups is 1. The van der Waals surface area contributed by atoms with Crippen molar-refractivity contribution < 1.29 is 14.0 Å². The Morgan fingerprint density at radius 3 is 2.82 bits per heavy atom. The van der Waals surface area contributed by atoms with Crippen LogP contribution >= 0.6 is 11.8 Å². The van der Waals surface area contributed by atoms with Crippen molar-refractivity contribution in [3.8, 4) is 0 Å². The van der Waals surface area contributed by atoms with Gasteiger partial charge in [0.2, 0.25) is 0 Å². The number of nitrogens with two attached hydrogens (primary N) is 1. The highest BCUT2D eigenvalue weighted by Crippen LogP contribution is 2.29. The largest absolute Gasteiger partial charge is 0.465 e. The molecular weight excluding hydrogens is 302 g/mol. The van der Waals surface area contributed by atoms with Gasteiger partial charge < -0.3 is 15.5 Å². The Labute approximate surface area is 130 Å². The predicted molar refractivity (Wildman–Crippen MR) is 84.5 cm³/mol. The van der Waals surface area contributed by atoms with E-state index in [0.29, 0.717) is 27.1 Å². The van der Waals surface area contributed by atoms with Gasteiger partial charge in [0, 0.05) is 6.08 Å². The van der Waals surface area contributed by atoms with E-state index in [2.05, 4.69) is 10.3 Å². The molecule has 2 amide bonds. The van der Waals surface area contributed by atoms with Gasteiger partial charge >= 0.3 is 0 Å². The summed E-state index contributed by atoms with van der Waals surface area (Å²) in [5, 5.41) is 3.03. The Bertz CT molecular complexity index is 794. The Hall–Kier alpha value is -2.80. The Morgan fingerprint density at radius 1 is 1.27 bits per heavy atom. The number of rotatable bonds is 3. The van der Waals surface area contributed by atoms with E-state index in [4.69, 9.17) is 10.2 Å². The number of para-hydroxylation sites is 1. The number of benzene rings is 1. The predicted octanol–water partition coefficient (Wildman–Crippen LogP) is 2.27. The van der Waals surface area contributed by atoms with Gasteiger partial charge in [-0.2, -0.15) is 0 Å². The van der Waals surface area contributed by atoms with Gasteiger partial charge in [-0.1, -0.05) is 12.1 Å². The van der Waals surface area contributed by atoms with Gasteiger partial charge in [0.25, 0.3) is 11.8 Å². The first-order chi connectivity index (χ1) is 10.6. The molecule has 2 aromatic rings. The first-order valence-corrected chi connectivity index (χ1v) is 7.17. The second kappa shape index (κ2) is 5.90. The summed E-state index contributed by atoms with van der Waals surface area (Å²) in [4.78, 5) is 28.0. The minimum atomic E-state index is -0.569. The number of carbonyl (C=O) groups is 2. The van der Waals surface area contributed by atoms with Crippen LogP contribution in [0.25, 0.3) is 6.08 Å². The zero-order valence-corrected chi connectivity index (χ0v) is 12.1. The minimum Gasteiger partial charge on any atom is -0.465 e. The van der Waals surface area contributed by atoms with Crippen LogP contribution in [0.1, 0.15) is 16.1 Å². The Morgan fingerprint density at radius 2 is 2.09 bits per heavy atom. The summed E-state index contributed by atoms with van der Waals surface area (Å²) in [6.07, 6.45) is 3.16. The molecular formula is C15H11N3O3S. The lowest BCUT2D eigenvalue weighted by atomic mass is 10.2. The van der Waals surface area contributed by atoms with E-state index in [1.807, 2.05) is 0 Å². The number of nitrogens with one attached hydrogen (secondary N) is 1. The molecule has 2 heterocycles. The molecule has 1 aromatic heterocycles. The third kappa shape index (κ3) is 2.94. The fourth-order valence-electron chi connectivity index (χ4n) is 1.87. The van der Waals surface area contributed by atoms with Crippen LogP contribution in [-0.2, 0) is 4.79 Å². The molecule has 3 N–H and O–H groups in total. The average molecular weight is 313 g/mol. The summed E-state index contributed by atoms with van der Waals surface area (Å²) >= 11 is 1.17. The van der Waals surface area contributed by atoms with Crippen molar-refractivity contribution in [1.82, 2.24) is 5.32 Å². The Kier molecular flexibility index (Phi) is 3.80. The number of carbonyl (C=O) groups excluding carboxylic acids is 2. The van der Waals surface area contributed by atoms with Gasteiger partial charge in [0.1, 0.15) is 5.76 Å². The maximum atomic E-state index is 11.9. The fraction of sp³-hybridized carbons (Fsp3) is 0. The third-order valence-corrected chi connectivity index (χ3v) is 3.77. The molecule has 0 bridgehead atoms. The number of nitrogens with zero attached hydrogens (tertiary/aromatic N) is 1. The molecule has 0 saturated carbocycles. The lowest BCUT2D eigenvalue weighted by Gasteiger charge is -2.01. The molecule has 22 heavy (non-hydrogen) atoms. The van der Waals surface area contributed by atoms with Crippen molar-refractivity contribution in [2.45, 2.75) is 0 Å². The van der Waals surface area contributed by atoms with Gasteiger partial charge in [0.15, 0.2) is 5.17 Å². The highest BCUT2D eigenvalue weighted by Gasteiger charge is 2.24. The molecule has 7 heteroatoms. The van der Waals surface area contributed by atoms with Crippen LogP contribution in [-0.4, -0.2) is 17.0 Å². The Balaban J connectivity index is 1.89. The standard InChI is InChI=1S/C15H11N3O3S/c16-13(19)10-5-1-2-6-11(10)17-15-18-14(20)12(22-15)8-9-4-3-7-21-9/h1-8H,(H2,16,19)(H,17,18,20)/b12-8+. The SMILES string of the molecule is NC(=O)c1ccccc1N=C1NC(=O)/C(=C\c2ccco2)S1. The highest BCUT2D eigenvalue weighted by molar-refractivity contribution is 8.18. The van der Waals surface area contributed by atoms with Crippen molar-refractivity contribution in [3.05, 3.63) is 58.9 Å². The van der Waals surface area contributed by atoms with Crippen LogP contribution in [0.15, 0.2) is 57.0 Å². The maximum Gasteiger partial charge on any atom is 0.264 e. The zero-order chi connectivity index (χ0) is 15.5. The summed E-state index contributed by atoms with van der Waals surface area (Å²) in [5.74, 6) is -0.256. The van der Waals surface area contributed by atoms with E-state index in [0.717, 1.165) is 0 Å². The normalized spacial score (nSPS) is 17.9. The topological polar surface area (TPSA) is 97.7 Å². The number of furan rings is 1. The van der Waals surface area contributed by atoms with Crippen LogP contribution in [0.3, 0.4) is 0 Å². The number of hydrogen-bond acceptors (Lipinski definition) is 5. The second-order valence-corrected chi connectivity index (χ2v) is 5.41. The molecule has 1 fully saturated rings. The molecule has 0 atom stereocenters.